The van der Waals surface area contributed by atoms with Gasteiger partial charge < -0.3 is 14.4 Å². The number of para-hydroxylation sites is 2. The zero-order chi connectivity index (χ0) is 18.9. The van der Waals surface area contributed by atoms with Gasteiger partial charge in [-0.1, -0.05) is 72.8 Å². The molecule has 3 nitrogen and oxygen atoms in total. The van der Waals surface area contributed by atoms with Crippen molar-refractivity contribution >= 4 is 0 Å². The number of rotatable bonds is 9. The first-order chi connectivity index (χ1) is 13.2. The summed E-state index contributed by atoms with van der Waals surface area (Å²) >= 11 is 0. The Morgan fingerprint density at radius 3 is 1.89 bits per heavy atom. The Kier molecular flexibility index (Phi) is 6.89. The maximum absolute atomic E-state index is 6.19. The van der Waals surface area contributed by atoms with Gasteiger partial charge in [0.05, 0.1) is 6.61 Å². The molecule has 3 aromatic carbocycles. The third kappa shape index (κ3) is 5.87. The first-order valence-electron chi connectivity index (χ1n) is 9.30. The van der Waals surface area contributed by atoms with Gasteiger partial charge in [-0.3, -0.25) is 0 Å². The molecule has 0 aliphatic carbocycles. The predicted molar refractivity (Wildman–Crippen MR) is 110 cm³/mol. The molecule has 0 saturated carbocycles. The standard InChI is InChI=1S/C24H27NO2/c1-25(2)17-22(21-13-7-4-8-14-21)19-27-24-16-10-9-15-23(24)26-18-20-11-5-3-6-12-20/h3-16,22H,17-19H2,1-2H3. The summed E-state index contributed by atoms with van der Waals surface area (Å²) in [4.78, 5) is 2.19. The zero-order valence-corrected chi connectivity index (χ0v) is 16.0. The van der Waals surface area contributed by atoms with Gasteiger partial charge in [-0.05, 0) is 37.4 Å². The summed E-state index contributed by atoms with van der Waals surface area (Å²) in [6.45, 7) is 2.06. The van der Waals surface area contributed by atoms with Crippen LogP contribution in [-0.4, -0.2) is 32.1 Å². The number of benzene rings is 3. The Balaban J connectivity index is 1.67. The lowest BCUT2D eigenvalue weighted by Gasteiger charge is -2.22. The van der Waals surface area contributed by atoms with Crippen molar-refractivity contribution in [2.75, 3.05) is 27.2 Å². The molecule has 0 fully saturated rings. The van der Waals surface area contributed by atoms with E-state index >= 15 is 0 Å². The van der Waals surface area contributed by atoms with Crippen LogP contribution in [0.4, 0.5) is 0 Å². The van der Waals surface area contributed by atoms with Crippen molar-refractivity contribution in [1.29, 1.82) is 0 Å². The molecule has 0 aliphatic heterocycles. The second kappa shape index (κ2) is 9.79. The molecular weight excluding hydrogens is 334 g/mol. The van der Waals surface area contributed by atoms with Crippen molar-refractivity contribution in [2.45, 2.75) is 12.5 Å². The summed E-state index contributed by atoms with van der Waals surface area (Å²) in [5.41, 5.74) is 2.43. The molecule has 3 heteroatoms. The van der Waals surface area contributed by atoms with E-state index in [4.69, 9.17) is 9.47 Å². The van der Waals surface area contributed by atoms with Crippen molar-refractivity contribution in [3.05, 3.63) is 96.1 Å². The second-order valence-corrected chi connectivity index (χ2v) is 6.90. The average Bonchev–Trinajstić information content (AvgIpc) is 2.71. The van der Waals surface area contributed by atoms with Gasteiger partial charge in [0.15, 0.2) is 11.5 Å². The fourth-order valence-electron chi connectivity index (χ4n) is 3.03. The molecule has 0 saturated heterocycles. The van der Waals surface area contributed by atoms with Crippen LogP contribution < -0.4 is 9.47 Å². The van der Waals surface area contributed by atoms with E-state index in [9.17, 15) is 0 Å². The zero-order valence-electron chi connectivity index (χ0n) is 16.0. The van der Waals surface area contributed by atoms with Gasteiger partial charge in [0.1, 0.15) is 6.61 Å². The highest BCUT2D eigenvalue weighted by Crippen LogP contribution is 2.29. The number of hydrogen-bond acceptors (Lipinski definition) is 3. The predicted octanol–water partition coefficient (Wildman–Crippen LogP) is 4.99. The van der Waals surface area contributed by atoms with Gasteiger partial charge in [0.25, 0.3) is 0 Å². The molecule has 1 unspecified atom stereocenters. The van der Waals surface area contributed by atoms with E-state index in [2.05, 4.69) is 55.4 Å². The number of likely N-dealkylation sites (N-methyl/N-ethyl adjacent to an activating group) is 1. The number of hydrogen-bond donors (Lipinski definition) is 0. The minimum Gasteiger partial charge on any atom is -0.489 e. The van der Waals surface area contributed by atoms with Crippen LogP contribution in [-0.2, 0) is 6.61 Å². The van der Waals surface area contributed by atoms with Crippen LogP contribution in [0.15, 0.2) is 84.9 Å². The highest BCUT2D eigenvalue weighted by molar-refractivity contribution is 5.39. The van der Waals surface area contributed by atoms with Gasteiger partial charge in [-0.2, -0.15) is 0 Å². The molecule has 3 aromatic rings. The molecule has 1 atom stereocenters. The Labute approximate surface area is 162 Å². The van der Waals surface area contributed by atoms with E-state index in [1.807, 2.05) is 48.5 Å². The van der Waals surface area contributed by atoms with Gasteiger partial charge in [0.2, 0.25) is 0 Å². The molecule has 0 heterocycles. The average molecular weight is 361 g/mol. The van der Waals surface area contributed by atoms with Crippen LogP contribution in [0.3, 0.4) is 0 Å². The minimum atomic E-state index is 0.295. The van der Waals surface area contributed by atoms with E-state index < -0.39 is 0 Å². The molecule has 0 radical (unpaired) electrons. The highest BCUT2D eigenvalue weighted by Gasteiger charge is 2.15. The Morgan fingerprint density at radius 2 is 1.26 bits per heavy atom. The number of ether oxygens (including phenoxy) is 2. The lowest BCUT2D eigenvalue weighted by Crippen LogP contribution is -2.24. The molecule has 0 aromatic heterocycles. The topological polar surface area (TPSA) is 21.7 Å². The van der Waals surface area contributed by atoms with E-state index in [0.29, 0.717) is 19.1 Å². The van der Waals surface area contributed by atoms with E-state index in [1.54, 1.807) is 0 Å². The first kappa shape index (κ1) is 19.0. The van der Waals surface area contributed by atoms with Crippen molar-refractivity contribution in [3.8, 4) is 11.5 Å². The monoisotopic (exact) mass is 361 g/mol. The number of nitrogens with zero attached hydrogens (tertiary/aromatic N) is 1. The summed E-state index contributed by atoms with van der Waals surface area (Å²) in [5.74, 6) is 1.86. The first-order valence-corrected chi connectivity index (χ1v) is 9.30. The Bertz CT molecular complexity index is 803. The molecular formula is C24H27NO2. The van der Waals surface area contributed by atoms with Crippen LogP contribution in [0.1, 0.15) is 17.0 Å². The van der Waals surface area contributed by atoms with Crippen LogP contribution in [0.2, 0.25) is 0 Å². The maximum Gasteiger partial charge on any atom is 0.161 e. The van der Waals surface area contributed by atoms with Crippen molar-refractivity contribution in [1.82, 2.24) is 4.90 Å². The second-order valence-electron chi connectivity index (χ2n) is 6.90. The SMILES string of the molecule is CN(C)CC(COc1ccccc1OCc1ccccc1)c1ccccc1. The van der Waals surface area contributed by atoms with E-state index in [0.717, 1.165) is 23.6 Å². The quantitative estimate of drug-likeness (QED) is 0.536. The maximum atomic E-state index is 6.19. The highest BCUT2D eigenvalue weighted by atomic mass is 16.5. The van der Waals surface area contributed by atoms with E-state index in [1.165, 1.54) is 5.56 Å². The summed E-state index contributed by atoms with van der Waals surface area (Å²) in [6.07, 6.45) is 0. The third-order valence-corrected chi connectivity index (χ3v) is 4.38. The van der Waals surface area contributed by atoms with Crippen LogP contribution in [0.25, 0.3) is 0 Å². The normalized spacial score (nSPS) is 12.0. The smallest absolute Gasteiger partial charge is 0.161 e. The van der Waals surface area contributed by atoms with Crippen LogP contribution >= 0.6 is 0 Å². The summed E-state index contributed by atoms with van der Waals surface area (Å²) in [5, 5.41) is 0. The molecule has 0 N–H and O–H groups in total. The van der Waals surface area contributed by atoms with Gasteiger partial charge >= 0.3 is 0 Å². The minimum absolute atomic E-state index is 0.295. The molecule has 3 rings (SSSR count). The van der Waals surface area contributed by atoms with Crippen molar-refractivity contribution in [3.63, 3.8) is 0 Å². The molecule has 140 valence electrons. The van der Waals surface area contributed by atoms with Gasteiger partial charge in [-0.25, -0.2) is 0 Å². The van der Waals surface area contributed by atoms with Crippen molar-refractivity contribution < 1.29 is 9.47 Å². The summed E-state index contributed by atoms with van der Waals surface area (Å²) in [6, 6.07) is 28.6. The summed E-state index contributed by atoms with van der Waals surface area (Å²) < 4.78 is 12.2. The molecule has 0 aliphatic rings. The Hall–Kier alpha value is -2.78. The molecule has 27 heavy (non-hydrogen) atoms. The fraction of sp³-hybridized carbons (Fsp3) is 0.250. The molecule has 0 amide bonds. The van der Waals surface area contributed by atoms with Gasteiger partial charge in [-0.15, -0.1) is 0 Å². The Morgan fingerprint density at radius 1 is 0.704 bits per heavy atom. The summed E-state index contributed by atoms with van der Waals surface area (Å²) in [7, 11) is 4.18. The molecule has 0 spiro atoms. The van der Waals surface area contributed by atoms with Crippen LogP contribution in [0.5, 0.6) is 11.5 Å². The molecule has 0 bridgehead atoms. The van der Waals surface area contributed by atoms with Gasteiger partial charge in [0, 0.05) is 12.5 Å². The largest absolute Gasteiger partial charge is 0.489 e. The fourth-order valence-corrected chi connectivity index (χ4v) is 3.03. The third-order valence-electron chi connectivity index (χ3n) is 4.38. The van der Waals surface area contributed by atoms with Crippen molar-refractivity contribution in [2.24, 2.45) is 0 Å². The van der Waals surface area contributed by atoms with Crippen LogP contribution in [0, 0.1) is 0 Å². The lowest BCUT2D eigenvalue weighted by molar-refractivity contribution is 0.232. The lowest BCUT2D eigenvalue weighted by atomic mass is 10.00. The van der Waals surface area contributed by atoms with E-state index in [-0.39, 0.29) is 0 Å².